The van der Waals surface area contributed by atoms with Crippen LogP contribution in [0, 0.1) is 11.6 Å². The van der Waals surface area contributed by atoms with Gasteiger partial charge in [0, 0.05) is 64.4 Å². The number of fused-ring (bicyclic) bond motifs is 6. The molecule has 0 aliphatic rings. The Hall–Kier alpha value is -6.92. The number of aromatic carboxylic acids is 1. The zero-order valence-corrected chi connectivity index (χ0v) is 29.5. The Morgan fingerprint density at radius 2 is 1.09 bits per heavy atom. The molecule has 3 N–H and O–H groups in total. The van der Waals surface area contributed by atoms with Crippen molar-refractivity contribution in [2.24, 2.45) is 5.73 Å². The van der Waals surface area contributed by atoms with Crippen LogP contribution in [0.5, 0.6) is 0 Å². The maximum atomic E-state index is 13.1. The van der Waals surface area contributed by atoms with Crippen molar-refractivity contribution in [2.45, 2.75) is 32.2 Å². The van der Waals surface area contributed by atoms with Crippen molar-refractivity contribution in [3.05, 3.63) is 177 Å². The molecule has 276 valence electrons. The topological polar surface area (TPSA) is 167 Å². The van der Waals surface area contributed by atoms with E-state index in [1.54, 1.807) is 73.1 Å². The minimum Gasteiger partial charge on any atom is -0.478 e. The number of aromatic nitrogens is 2. The van der Waals surface area contributed by atoms with E-state index in [1.807, 2.05) is 13.8 Å². The maximum absolute atomic E-state index is 13.1. The zero-order valence-electron chi connectivity index (χ0n) is 29.5. The van der Waals surface area contributed by atoms with Crippen molar-refractivity contribution in [1.82, 2.24) is 9.97 Å². The van der Waals surface area contributed by atoms with Gasteiger partial charge in [-0.05, 0) is 90.7 Å². The van der Waals surface area contributed by atoms with Crippen molar-refractivity contribution in [3.63, 3.8) is 0 Å². The smallest absolute Gasteiger partial charge is 0.345 e. The molecule has 4 aromatic heterocycles. The molecule has 0 spiro atoms. The molecule has 10 nitrogen and oxygen atoms in total. The lowest BCUT2D eigenvalue weighted by Crippen LogP contribution is -2.06. The predicted octanol–water partition coefficient (Wildman–Crippen LogP) is 8.74. The molecule has 8 aromatic rings. The number of hydrogen-bond acceptors (Lipinski definition) is 9. The van der Waals surface area contributed by atoms with Gasteiger partial charge in [-0.3, -0.25) is 14.8 Å². The summed E-state index contributed by atoms with van der Waals surface area (Å²) in [4.78, 5) is 55.2. The SMILES string of the molecule is C[C@@H](CC(=O)c1ccc2c(c1)oc(=O)c1cnccc12)c1ccc(F)cc1.C[C@@H](N)c1ccc(F)cc1.O=C(O)c1ccc2c(c1)oc(=O)c1cnccc12. The molecule has 0 fully saturated rings. The highest BCUT2D eigenvalue weighted by Crippen LogP contribution is 2.27. The molecule has 0 radical (unpaired) electrons. The van der Waals surface area contributed by atoms with E-state index in [4.69, 9.17) is 19.7 Å². The average molecular weight is 742 g/mol. The highest BCUT2D eigenvalue weighted by Gasteiger charge is 2.16. The van der Waals surface area contributed by atoms with Gasteiger partial charge < -0.3 is 19.7 Å². The highest BCUT2D eigenvalue weighted by molar-refractivity contribution is 6.07. The summed E-state index contributed by atoms with van der Waals surface area (Å²) in [5.74, 6) is -1.70. The third-order valence-electron chi connectivity index (χ3n) is 8.93. The number of hydrogen-bond donors (Lipinski definition) is 2. The monoisotopic (exact) mass is 741 g/mol. The lowest BCUT2D eigenvalue weighted by Gasteiger charge is -2.11. The summed E-state index contributed by atoms with van der Waals surface area (Å²) in [6.45, 7) is 3.79. The van der Waals surface area contributed by atoms with E-state index in [-0.39, 0.29) is 46.9 Å². The van der Waals surface area contributed by atoms with Crippen LogP contribution in [0.25, 0.3) is 43.5 Å². The fourth-order valence-corrected chi connectivity index (χ4v) is 5.93. The molecule has 0 unspecified atom stereocenters. The van der Waals surface area contributed by atoms with Gasteiger partial charge in [-0.2, -0.15) is 0 Å². The number of carbonyl (C=O) groups excluding carboxylic acids is 1. The quantitative estimate of drug-likeness (QED) is 0.0956. The van der Waals surface area contributed by atoms with Crippen LogP contribution in [-0.4, -0.2) is 26.8 Å². The first-order valence-electron chi connectivity index (χ1n) is 17.0. The van der Waals surface area contributed by atoms with Gasteiger partial charge in [-0.1, -0.05) is 37.3 Å². The summed E-state index contributed by atoms with van der Waals surface area (Å²) < 4.78 is 35.9. The standard InChI is InChI=1S/C22H16FNO3.C13H7NO4.C8H10FN/c1-13(14-2-5-16(23)6-3-14)10-20(25)15-4-7-18-17-8-9-24-12-19(17)22(26)27-21(18)11-15;15-12(16)7-1-2-9-8-3-4-14-6-10(8)13(17)18-11(9)5-7;1-6(10)7-2-4-8(9)5-3-7/h2-9,11-13H,10H2,1H3;1-6H,(H,15,16);2-6H,10H2,1H3/t13-;;6-/m0.1/s1. The van der Waals surface area contributed by atoms with Crippen molar-refractivity contribution in [2.75, 3.05) is 0 Å². The van der Waals surface area contributed by atoms with Crippen LogP contribution in [0.3, 0.4) is 0 Å². The van der Waals surface area contributed by atoms with Crippen LogP contribution in [0.1, 0.15) is 64.1 Å². The van der Waals surface area contributed by atoms with E-state index in [0.29, 0.717) is 32.7 Å². The van der Waals surface area contributed by atoms with Crippen molar-refractivity contribution in [3.8, 4) is 0 Å². The number of rotatable bonds is 6. The van der Waals surface area contributed by atoms with Gasteiger partial charge in [0.25, 0.3) is 0 Å². The largest absolute Gasteiger partial charge is 0.478 e. The molecule has 8 rings (SSSR count). The van der Waals surface area contributed by atoms with Crippen LogP contribution < -0.4 is 17.0 Å². The summed E-state index contributed by atoms with van der Waals surface area (Å²) >= 11 is 0. The van der Waals surface area contributed by atoms with Gasteiger partial charge in [0.1, 0.15) is 22.8 Å². The van der Waals surface area contributed by atoms with E-state index < -0.39 is 17.2 Å². The van der Waals surface area contributed by atoms with Gasteiger partial charge in [0.2, 0.25) is 0 Å². The van der Waals surface area contributed by atoms with Crippen molar-refractivity contribution >= 4 is 55.2 Å². The third kappa shape index (κ3) is 8.66. The Kier molecular flexibility index (Phi) is 11.3. The number of halogens is 2. The molecule has 55 heavy (non-hydrogen) atoms. The molecule has 0 bridgehead atoms. The van der Waals surface area contributed by atoms with Crippen molar-refractivity contribution < 1.29 is 32.3 Å². The van der Waals surface area contributed by atoms with Crippen LogP contribution in [0.4, 0.5) is 8.78 Å². The first-order valence-corrected chi connectivity index (χ1v) is 17.0. The Labute approximate surface area is 311 Å². The minimum absolute atomic E-state index is 0.0133. The Morgan fingerprint density at radius 1 is 0.636 bits per heavy atom. The van der Waals surface area contributed by atoms with Crippen LogP contribution in [-0.2, 0) is 0 Å². The van der Waals surface area contributed by atoms with Gasteiger partial charge in [0.05, 0.1) is 16.3 Å². The number of Topliss-reactive ketones (excluding diaryl/α,β-unsaturated/α-hetero) is 1. The van der Waals surface area contributed by atoms with E-state index >= 15 is 0 Å². The second-order valence-electron chi connectivity index (χ2n) is 12.8. The summed E-state index contributed by atoms with van der Waals surface area (Å²) in [5, 5.41) is 12.6. The second kappa shape index (κ2) is 16.4. The third-order valence-corrected chi connectivity index (χ3v) is 8.93. The molecule has 12 heteroatoms. The number of benzene rings is 4. The normalized spacial score (nSPS) is 12.0. The fourth-order valence-electron chi connectivity index (χ4n) is 5.93. The van der Waals surface area contributed by atoms with E-state index in [0.717, 1.165) is 21.9 Å². The molecule has 0 saturated heterocycles. The average Bonchev–Trinajstić information content (AvgIpc) is 3.18. The Bertz CT molecular complexity index is 2800. The van der Waals surface area contributed by atoms with Gasteiger partial charge >= 0.3 is 17.2 Å². The first kappa shape index (κ1) is 37.8. The van der Waals surface area contributed by atoms with E-state index in [9.17, 15) is 28.0 Å². The number of carbonyl (C=O) groups is 2. The highest BCUT2D eigenvalue weighted by atomic mass is 19.1. The van der Waals surface area contributed by atoms with Crippen molar-refractivity contribution in [1.29, 1.82) is 0 Å². The second-order valence-corrected chi connectivity index (χ2v) is 12.8. The number of ketones is 1. The summed E-state index contributed by atoms with van der Waals surface area (Å²) in [7, 11) is 0. The summed E-state index contributed by atoms with van der Waals surface area (Å²) in [5.41, 5.74) is 7.60. The molecule has 4 aromatic carbocycles. The molecular formula is C43H33F2N3O7. The molecule has 0 saturated carbocycles. The number of carboxylic acids is 1. The van der Waals surface area contributed by atoms with E-state index in [1.165, 1.54) is 48.8 Å². The molecule has 0 aliphatic heterocycles. The fraction of sp³-hybridized carbons (Fsp3) is 0.116. The number of pyridine rings is 2. The molecule has 2 atom stereocenters. The number of nitrogens with two attached hydrogens (primary N) is 1. The number of nitrogens with zero attached hydrogens (tertiary/aromatic N) is 2. The lowest BCUT2D eigenvalue weighted by atomic mass is 9.93. The first-order chi connectivity index (χ1) is 26.4. The zero-order chi connectivity index (χ0) is 39.2. The number of carboxylic acid groups (broad SMARTS) is 1. The molecule has 0 amide bonds. The van der Waals surface area contributed by atoms with Gasteiger partial charge in [-0.25, -0.2) is 23.2 Å². The Morgan fingerprint density at radius 3 is 1.56 bits per heavy atom. The summed E-state index contributed by atoms with van der Waals surface area (Å²) in [6, 6.07) is 25.4. The van der Waals surface area contributed by atoms with Gasteiger partial charge in [0.15, 0.2) is 5.78 Å². The maximum Gasteiger partial charge on any atom is 0.345 e. The molecule has 0 aliphatic carbocycles. The molecule has 4 heterocycles. The predicted molar refractivity (Wildman–Crippen MR) is 205 cm³/mol. The van der Waals surface area contributed by atoms with E-state index in [2.05, 4.69) is 9.97 Å². The van der Waals surface area contributed by atoms with Crippen LogP contribution in [0.2, 0.25) is 0 Å². The summed E-state index contributed by atoms with van der Waals surface area (Å²) in [6.07, 6.45) is 6.38. The van der Waals surface area contributed by atoms with Crippen LogP contribution >= 0.6 is 0 Å². The van der Waals surface area contributed by atoms with Crippen LogP contribution in [0.15, 0.2) is 140 Å². The minimum atomic E-state index is -1.06. The van der Waals surface area contributed by atoms with Gasteiger partial charge in [-0.15, -0.1) is 0 Å². The molecular weight excluding hydrogens is 708 g/mol. The lowest BCUT2D eigenvalue weighted by molar-refractivity contribution is 0.0696. The Balaban J connectivity index is 0.000000157.